The summed E-state index contributed by atoms with van der Waals surface area (Å²) < 4.78 is 2.25. The predicted molar refractivity (Wildman–Crippen MR) is 148 cm³/mol. The van der Waals surface area contributed by atoms with Crippen LogP contribution in [0, 0.1) is 0 Å². The van der Waals surface area contributed by atoms with Gasteiger partial charge < -0.3 is 26.0 Å². The van der Waals surface area contributed by atoms with E-state index in [0.717, 1.165) is 59.4 Å². The first kappa shape index (κ1) is 23.7. The SMILES string of the molecule is NC1CCC(Nc2nc(NCc3ccc(-c4ccccc4O)cc3)c3ncn(C4CCCC4)c3n2)CC1. The molecule has 8 nitrogen and oxygen atoms in total. The second-order valence-electron chi connectivity index (χ2n) is 10.5. The van der Waals surface area contributed by atoms with Crippen molar-refractivity contribution in [3.8, 4) is 16.9 Å². The molecule has 4 aromatic rings. The molecule has 0 saturated heterocycles. The van der Waals surface area contributed by atoms with Crippen LogP contribution in [0.5, 0.6) is 5.75 Å². The first-order chi connectivity index (χ1) is 18.1. The number of hydrogen-bond acceptors (Lipinski definition) is 7. The van der Waals surface area contributed by atoms with Crippen molar-refractivity contribution in [2.45, 2.75) is 76.0 Å². The minimum absolute atomic E-state index is 0.287. The maximum absolute atomic E-state index is 10.2. The van der Waals surface area contributed by atoms with Gasteiger partial charge in [-0.05, 0) is 55.7 Å². The summed E-state index contributed by atoms with van der Waals surface area (Å²) in [5.74, 6) is 1.70. The zero-order chi connectivity index (χ0) is 25.2. The van der Waals surface area contributed by atoms with Crippen LogP contribution < -0.4 is 16.4 Å². The Balaban J connectivity index is 1.25. The third-order valence-electron chi connectivity index (χ3n) is 7.87. The molecule has 192 valence electrons. The molecule has 6 rings (SSSR count). The average molecular weight is 498 g/mol. The summed E-state index contributed by atoms with van der Waals surface area (Å²) in [4.78, 5) is 14.6. The zero-order valence-electron chi connectivity index (χ0n) is 21.1. The number of imidazole rings is 1. The Morgan fingerprint density at radius 3 is 2.43 bits per heavy atom. The third kappa shape index (κ3) is 5.11. The first-order valence-electron chi connectivity index (χ1n) is 13.5. The molecule has 5 N–H and O–H groups in total. The molecule has 0 spiro atoms. The average Bonchev–Trinajstić information content (AvgIpc) is 3.60. The quantitative estimate of drug-likeness (QED) is 0.262. The zero-order valence-corrected chi connectivity index (χ0v) is 21.1. The highest BCUT2D eigenvalue weighted by Crippen LogP contribution is 2.34. The molecule has 0 bridgehead atoms. The highest BCUT2D eigenvalue weighted by atomic mass is 16.3. The smallest absolute Gasteiger partial charge is 0.227 e. The molecule has 0 aliphatic heterocycles. The van der Waals surface area contributed by atoms with Gasteiger partial charge in [-0.3, -0.25) is 0 Å². The Morgan fingerprint density at radius 1 is 0.919 bits per heavy atom. The van der Waals surface area contributed by atoms with Crippen molar-refractivity contribution in [2.75, 3.05) is 10.6 Å². The van der Waals surface area contributed by atoms with Crippen molar-refractivity contribution in [1.29, 1.82) is 0 Å². The summed E-state index contributed by atoms with van der Waals surface area (Å²) in [5, 5.41) is 17.3. The Labute approximate surface area is 217 Å². The van der Waals surface area contributed by atoms with Gasteiger partial charge in [0.15, 0.2) is 17.0 Å². The Kier molecular flexibility index (Phi) is 6.66. The van der Waals surface area contributed by atoms with Crippen LogP contribution in [-0.2, 0) is 6.54 Å². The fourth-order valence-corrected chi connectivity index (χ4v) is 5.71. The molecular formula is C29H35N7O. The summed E-state index contributed by atoms with van der Waals surface area (Å²) in [7, 11) is 0. The molecule has 2 fully saturated rings. The van der Waals surface area contributed by atoms with Gasteiger partial charge in [-0.1, -0.05) is 55.3 Å². The van der Waals surface area contributed by atoms with E-state index in [2.05, 4.69) is 27.3 Å². The molecule has 2 aliphatic rings. The van der Waals surface area contributed by atoms with Crippen LogP contribution in [0.3, 0.4) is 0 Å². The van der Waals surface area contributed by atoms with Crippen LogP contribution in [-0.4, -0.2) is 36.7 Å². The number of nitrogens with zero attached hydrogens (tertiary/aromatic N) is 4. The van der Waals surface area contributed by atoms with Crippen molar-refractivity contribution < 1.29 is 5.11 Å². The maximum Gasteiger partial charge on any atom is 0.227 e. The summed E-state index contributed by atoms with van der Waals surface area (Å²) in [6.07, 6.45) is 10.9. The Hall–Kier alpha value is -3.65. The number of benzene rings is 2. The van der Waals surface area contributed by atoms with E-state index in [9.17, 15) is 5.11 Å². The molecule has 2 heterocycles. The van der Waals surface area contributed by atoms with Gasteiger partial charge in [0.2, 0.25) is 5.95 Å². The van der Waals surface area contributed by atoms with Crippen LogP contribution in [0.4, 0.5) is 11.8 Å². The van der Waals surface area contributed by atoms with Crippen molar-refractivity contribution in [1.82, 2.24) is 19.5 Å². The lowest BCUT2D eigenvalue weighted by Crippen LogP contribution is -2.33. The van der Waals surface area contributed by atoms with E-state index in [4.69, 9.17) is 20.7 Å². The van der Waals surface area contributed by atoms with Gasteiger partial charge in [-0.2, -0.15) is 9.97 Å². The van der Waals surface area contributed by atoms with E-state index < -0.39 is 0 Å². The molecule has 2 aliphatic carbocycles. The number of hydrogen-bond donors (Lipinski definition) is 4. The van der Waals surface area contributed by atoms with Crippen molar-refractivity contribution in [2.24, 2.45) is 5.73 Å². The molecule has 37 heavy (non-hydrogen) atoms. The number of aromatic hydroxyl groups is 1. The van der Waals surface area contributed by atoms with E-state index in [-0.39, 0.29) is 5.75 Å². The number of phenolic OH excluding ortho intramolecular Hbond substituents is 1. The van der Waals surface area contributed by atoms with Gasteiger partial charge in [0.1, 0.15) is 5.75 Å². The lowest BCUT2D eigenvalue weighted by atomic mass is 9.92. The van der Waals surface area contributed by atoms with Crippen molar-refractivity contribution in [3.05, 3.63) is 60.4 Å². The molecule has 2 aromatic carbocycles. The molecule has 0 atom stereocenters. The summed E-state index contributed by atoms with van der Waals surface area (Å²) in [6, 6.07) is 16.7. The number of rotatable bonds is 7. The summed E-state index contributed by atoms with van der Waals surface area (Å²) in [5.41, 5.74) is 10.8. The lowest BCUT2D eigenvalue weighted by Gasteiger charge is -2.27. The molecule has 8 heteroatoms. The van der Waals surface area contributed by atoms with Crippen LogP contribution >= 0.6 is 0 Å². The van der Waals surface area contributed by atoms with Gasteiger partial charge in [-0.15, -0.1) is 0 Å². The van der Waals surface area contributed by atoms with Crippen LogP contribution in [0.2, 0.25) is 0 Å². The maximum atomic E-state index is 10.2. The highest BCUT2D eigenvalue weighted by Gasteiger charge is 2.24. The van der Waals surface area contributed by atoms with Gasteiger partial charge in [-0.25, -0.2) is 4.98 Å². The van der Waals surface area contributed by atoms with E-state index in [1.165, 1.54) is 25.7 Å². The minimum atomic E-state index is 0.287. The van der Waals surface area contributed by atoms with Gasteiger partial charge in [0.05, 0.1) is 6.33 Å². The largest absolute Gasteiger partial charge is 0.507 e. The lowest BCUT2D eigenvalue weighted by molar-refractivity contribution is 0.410. The molecule has 2 saturated carbocycles. The van der Waals surface area contributed by atoms with Crippen LogP contribution in [0.15, 0.2) is 54.9 Å². The Morgan fingerprint density at radius 2 is 1.68 bits per heavy atom. The van der Waals surface area contributed by atoms with Gasteiger partial charge in [0, 0.05) is 30.2 Å². The van der Waals surface area contributed by atoms with E-state index in [1.54, 1.807) is 6.07 Å². The topological polar surface area (TPSA) is 114 Å². The second-order valence-corrected chi connectivity index (χ2v) is 10.5. The molecule has 2 aromatic heterocycles. The molecule has 0 amide bonds. The summed E-state index contributed by atoms with van der Waals surface area (Å²) >= 11 is 0. The standard InChI is InChI=1S/C29H35N7O/c30-21-13-15-22(16-14-21)33-29-34-27(26-28(35-29)36(18-32-26)23-5-1-2-6-23)31-17-19-9-11-20(12-10-19)24-7-3-4-8-25(24)37/h3-4,7-12,18,21-23,37H,1-2,5-6,13-17,30H2,(H2,31,33,34,35). The number of anilines is 2. The van der Waals surface area contributed by atoms with E-state index >= 15 is 0 Å². The highest BCUT2D eigenvalue weighted by molar-refractivity contribution is 5.84. The first-order valence-corrected chi connectivity index (χ1v) is 13.5. The number of aromatic nitrogens is 4. The normalized spacial score (nSPS) is 20.4. The molecular weight excluding hydrogens is 462 g/mol. The predicted octanol–water partition coefficient (Wildman–Crippen LogP) is 5.61. The van der Waals surface area contributed by atoms with E-state index in [0.29, 0.717) is 30.6 Å². The number of nitrogens with one attached hydrogen (secondary N) is 2. The number of phenols is 1. The molecule has 0 unspecified atom stereocenters. The Bertz CT molecular complexity index is 1350. The third-order valence-corrected chi connectivity index (χ3v) is 7.87. The van der Waals surface area contributed by atoms with Crippen molar-refractivity contribution >= 4 is 22.9 Å². The number of nitrogens with two attached hydrogens (primary N) is 1. The van der Waals surface area contributed by atoms with E-state index in [1.807, 2.05) is 36.7 Å². The second kappa shape index (κ2) is 10.4. The minimum Gasteiger partial charge on any atom is -0.507 e. The van der Waals surface area contributed by atoms with Crippen LogP contribution in [0.1, 0.15) is 63.0 Å². The summed E-state index contributed by atoms with van der Waals surface area (Å²) in [6.45, 7) is 0.612. The van der Waals surface area contributed by atoms with Crippen LogP contribution in [0.25, 0.3) is 22.3 Å². The van der Waals surface area contributed by atoms with Crippen molar-refractivity contribution in [3.63, 3.8) is 0 Å². The fraction of sp³-hybridized carbons (Fsp3) is 0.414. The molecule has 0 radical (unpaired) electrons. The number of para-hydroxylation sites is 1. The number of fused-ring (bicyclic) bond motifs is 1. The van der Waals surface area contributed by atoms with Gasteiger partial charge in [0.25, 0.3) is 0 Å². The monoisotopic (exact) mass is 497 g/mol. The van der Waals surface area contributed by atoms with Gasteiger partial charge >= 0.3 is 0 Å². The fourth-order valence-electron chi connectivity index (χ4n) is 5.71.